The number of nitriles is 1. The van der Waals surface area contributed by atoms with Crippen LogP contribution in [-0.4, -0.2) is 7.11 Å². The lowest BCUT2D eigenvalue weighted by atomic mass is 10.2. The van der Waals surface area contributed by atoms with Crippen LogP contribution in [0.15, 0.2) is 18.2 Å². The standard InChI is InChI=1S/C10H7F2NO/c1-14-9-6-7(3-2-4-13)5-8(11)10(9)12/h2-3,5-6H,1H3. The molecule has 0 aromatic heterocycles. The molecule has 0 unspecified atom stereocenters. The van der Waals surface area contributed by atoms with E-state index < -0.39 is 11.6 Å². The lowest BCUT2D eigenvalue weighted by Gasteiger charge is -2.03. The van der Waals surface area contributed by atoms with E-state index in [1.165, 1.54) is 25.3 Å². The van der Waals surface area contributed by atoms with Crippen molar-refractivity contribution in [1.29, 1.82) is 5.26 Å². The lowest BCUT2D eigenvalue weighted by molar-refractivity contribution is 0.371. The zero-order chi connectivity index (χ0) is 10.6. The number of hydrogen-bond acceptors (Lipinski definition) is 2. The Morgan fingerprint density at radius 1 is 1.43 bits per heavy atom. The topological polar surface area (TPSA) is 33.0 Å². The van der Waals surface area contributed by atoms with Gasteiger partial charge in [0.25, 0.3) is 0 Å². The van der Waals surface area contributed by atoms with Gasteiger partial charge in [-0.1, -0.05) is 0 Å². The van der Waals surface area contributed by atoms with Crippen LogP contribution in [0.1, 0.15) is 5.56 Å². The molecule has 1 aromatic rings. The molecule has 0 spiro atoms. The van der Waals surface area contributed by atoms with Crippen molar-refractivity contribution in [3.05, 3.63) is 35.4 Å². The highest BCUT2D eigenvalue weighted by Crippen LogP contribution is 2.22. The van der Waals surface area contributed by atoms with Crippen molar-refractivity contribution in [3.8, 4) is 11.8 Å². The van der Waals surface area contributed by atoms with Crippen LogP contribution in [0.3, 0.4) is 0 Å². The van der Waals surface area contributed by atoms with Gasteiger partial charge in [-0.3, -0.25) is 0 Å². The van der Waals surface area contributed by atoms with Crippen molar-refractivity contribution < 1.29 is 13.5 Å². The molecule has 1 aromatic carbocycles. The molecule has 0 atom stereocenters. The summed E-state index contributed by atoms with van der Waals surface area (Å²) in [6, 6.07) is 4.05. The molecule has 0 fully saturated rings. The van der Waals surface area contributed by atoms with Gasteiger partial charge in [-0.05, 0) is 23.8 Å². The number of methoxy groups -OCH3 is 1. The fourth-order valence-electron chi connectivity index (χ4n) is 0.962. The molecule has 0 saturated heterocycles. The molecule has 2 nitrogen and oxygen atoms in total. The zero-order valence-corrected chi connectivity index (χ0v) is 7.42. The molecular weight excluding hydrogens is 188 g/mol. The second-order valence-corrected chi connectivity index (χ2v) is 2.48. The van der Waals surface area contributed by atoms with Crippen molar-refractivity contribution in [2.75, 3.05) is 7.11 Å². The third-order valence-corrected chi connectivity index (χ3v) is 1.59. The second-order valence-electron chi connectivity index (χ2n) is 2.48. The summed E-state index contributed by atoms with van der Waals surface area (Å²) in [6.07, 6.45) is 2.54. The van der Waals surface area contributed by atoms with Crippen molar-refractivity contribution in [3.63, 3.8) is 0 Å². The first-order chi connectivity index (χ1) is 6.69. The summed E-state index contributed by atoms with van der Waals surface area (Å²) >= 11 is 0. The number of nitrogens with zero attached hydrogens (tertiary/aromatic N) is 1. The van der Waals surface area contributed by atoms with Crippen molar-refractivity contribution >= 4 is 6.08 Å². The molecule has 0 amide bonds. The maximum atomic E-state index is 12.9. The summed E-state index contributed by atoms with van der Waals surface area (Å²) in [7, 11) is 1.25. The van der Waals surface area contributed by atoms with E-state index in [2.05, 4.69) is 4.74 Å². The molecule has 0 aliphatic rings. The fraction of sp³-hybridized carbons (Fsp3) is 0.100. The van der Waals surface area contributed by atoms with Gasteiger partial charge in [-0.25, -0.2) is 4.39 Å². The molecule has 0 saturated carbocycles. The highest BCUT2D eigenvalue weighted by atomic mass is 19.2. The highest BCUT2D eigenvalue weighted by Gasteiger charge is 2.09. The van der Waals surface area contributed by atoms with Crippen LogP contribution in [-0.2, 0) is 0 Å². The van der Waals surface area contributed by atoms with Gasteiger partial charge in [-0.2, -0.15) is 9.65 Å². The van der Waals surface area contributed by atoms with E-state index in [1.54, 1.807) is 6.07 Å². The smallest absolute Gasteiger partial charge is 0.200 e. The van der Waals surface area contributed by atoms with E-state index in [0.717, 1.165) is 6.07 Å². The second kappa shape index (κ2) is 4.38. The van der Waals surface area contributed by atoms with E-state index in [1.807, 2.05) is 0 Å². The Hall–Kier alpha value is -1.89. The maximum Gasteiger partial charge on any atom is 0.200 e. The van der Waals surface area contributed by atoms with Gasteiger partial charge in [0.2, 0.25) is 5.82 Å². The van der Waals surface area contributed by atoms with E-state index in [4.69, 9.17) is 5.26 Å². The number of hydrogen-bond donors (Lipinski definition) is 0. The Bertz CT molecular complexity index is 407. The Labute approximate surface area is 80.0 Å². The van der Waals surface area contributed by atoms with E-state index in [9.17, 15) is 8.78 Å². The van der Waals surface area contributed by atoms with Gasteiger partial charge >= 0.3 is 0 Å². The van der Waals surface area contributed by atoms with Crippen LogP contribution in [0.4, 0.5) is 8.78 Å². The van der Waals surface area contributed by atoms with Gasteiger partial charge < -0.3 is 4.74 Å². The summed E-state index contributed by atoms with van der Waals surface area (Å²) < 4.78 is 30.4. The highest BCUT2D eigenvalue weighted by molar-refractivity contribution is 5.54. The number of halogens is 2. The number of allylic oxidation sites excluding steroid dienone is 1. The first-order valence-corrected chi connectivity index (χ1v) is 3.78. The number of benzene rings is 1. The maximum absolute atomic E-state index is 12.9. The van der Waals surface area contributed by atoms with Gasteiger partial charge in [0.15, 0.2) is 11.6 Å². The molecule has 0 radical (unpaired) electrons. The average Bonchev–Trinajstić information content (AvgIpc) is 2.19. The monoisotopic (exact) mass is 195 g/mol. The minimum Gasteiger partial charge on any atom is -0.494 e. The first kappa shape index (κ1) is 10.2. The number of rotatable bonds is 2. The predicted molar refractivity (Wildman–Crippen MR) is 47.6 cm³/mol. The molecule has 0 N–H and O–H groups in total. The average molecular weight is 195 g/mol. The molecule has 72 valence electrons. The molecule has 4 heteroatoms. The molecule has 14 heavy (non-hydrogen) atoms. The Balaban J connectivity index is 3.17. The van der Waals surface area contributed by atoms with Crippen LogP contribution in [0.5, 0.6) is 5.75 Å². The molecule has 0 heterocycles. The Morgan fingerprint density at radius 3 is 2.71 bits per heavy atom. The third-order valence-electron chi connectivity index (χ3n) is 1.59. The zero-order valence-electron chi connectivity index (χ0n) is 7.42. The third kappa shape index (κ3) is 2.07. The Kier molecular flexibility index (Phi) is 3.19. The number of ether oxygens (including phenoxy) is 1. The predicted octanol–water partition coefficient (Wildman–Crippen LogP) is 2.51. The van der Waals surface area contributed by atoms with Crippen molar-refractivity contribution in [1.82, 2.24) is 0 Å². The SMILES string of the molecule is COc1cc(C=CC#N)cc(F)c1F. The first-order valence-electron chi connectivity index (χ1n) is 3.78. The van der Waals surface area contributed by atoms with Gasteiger partial charge in [0, 0.05) is 6.08 Å². The molecule has 1 rings (SSSR count). The van der Waals surface area contributed by atoms with Crippen molar-refractivity contribution in [2.45, 2.75) is 0 Å². The van der Waals surface area contributed by atoms with Crippen LogP contribution in [0, 0.1) is 23.0 Å². The lowest BCUT2D eigenvalue weighted by Crippen LogP contribution is -1.92. The van der Waals surface area contributed by atoms with Gasteiger partial charge in [-0.15, -0.1) is 0 Å². The molecule has 0 aliphatic carbocycles. The van der Waals surface area contributed by atoms with E-state index in [-0.39, 0.29) is 5.75 Å². The molecule has 0 aliphatic heterocycles. The largest absolute Gasteiger partial charge is 0.494 e. The summed E-state index contributed by atoms with van der Waals surface area (Å²) in [5, 5.41) is 8.24. The Morgan fingerprint density at radius 2 is 2.14 bits per heavy atom. The fourth-order valence-corrected chi connectivity index (χ4v) is 0.962. The van der Waals surface area contributed by atoms with Gasteiger partial charge in [0.05, 0.1) is 13.2 Å². The quantitative estimate of drug-likeness (QED) is 0.679. The molecular formula is C10H7F2NO. The normalized spacial score (nSPS) is 10.1. The summed E-state index contributed by atoms with van der Waals surface area (Å²) in [6.45, 7) is 0. The minimum atomic E-state index is -1.03. The van der Waals surface area contributed by atoms with E-state index in [0.29, 0.717) is 5.56 Å². The van der Waals surface area contributed by atoms with Crippen LogP contribution >= 0.6 is 0 Å². The van der Waals surface area contributed by atoms with E-state index >= 15 is 0 Å². The summed E-state index contributed by atoms with van der Waals surface area (Å²) in [4.78, 5) is 0. The molecule has 0 bridgehead atoms. The minimum absolute atomic E-state index is 0.178. The van der Waals surface area contributed by atoms with Crippen LogP contribution in [0.25, 0.3) is 6.08 Å². The van der Waals surface area contributed by atoms with Gasteiger partial charge in [0.1, 0.15) is 0 Å². The summed E-state index contributed by atoms with van der Waals surface area (Å²) in [5.41, 5.74) is 0.377. The van der Waals surface area contributed by atoms with Crippen molar-refractivity contribution in [2.24, 2.45) is 0 Å². The van der Waals surface area contributed by atoms with Crippen LogP contribution in [0.2, 0.25) is 0 Å². The van der Waals surface area contributed by atoms with Crippen LogP contribution < -0.4 is 4.74 Å². The summed E-state index contributed by atoms with van der Waals surface area (Å²) in [5.74, 6) is -2.20.